The molecule has 0 fully saturated rings. The van der Waals surface area contributed by atoms with Crippen molar-refractivity contribution >= 4 is 17.6 Å². The molecule has 0 atom stereocenters. The van der Waals surface area contributed by atoms with Gasteiger partial charge in [0.2, 0.25) is 0 Å². The number of hydrogen-bond donors (Lipinski definition) is 2. The van der Waals surface area contributed by atoms with Gasteiger partial charge < -0.3 is 15.8 Å². The third kappa shape index (κ3) is 3.75. The fourth-order valence-corrected chi connectivity index (χ4v) is 1.16. The Morgan fingerprint density at radius 2 is 2.18 bits per heavy atom. The van der Waals surface area contributed by atoms with E-state index in [1.165, 1.54) is 6.07 Å². The number of hydrogen-bond acceptors (Lipinski definition) is 4. The summed E-state index contributed by atoms with van der Waals surface area (Å²) < 4.78 is 17.6. The third-order valence-corrected chi connectivity index (χ3v) is 1.94. The maximum atomic E-state index is 12.9. The zero-order valence-electron chi connectivity index (χ0n) is 9.33. The molecular formula is C11H13FN2O3. The molecule has 5 nitrogen and oxygen atoms in total. The minimum Gasteiger partial charge on any atom is -0.452 e. The van der Waals surface area contributed by atoms with Crippen LogP contribution in [0.25, 0.3) is 0 Å². The number of nitrogens with one attached hydrogen (secondary N) is 1. The second kappa shape index (κ2) is 5.83. The molecule has 3 N–H and O–H groups in total. The quantitative estimate of drug-likeness (QED) is 0.599. The smallest absolute Gasteiger partial charge is 0.340 e. The molecule has 0 heterocycles. The van der Waals surface area contributed by atoms with Gasteiger partial charge in [-0.05, 0) is 25.1 Å². The summed E-state index contributed by atoms with van der Waals surface area (Å²) in [7, 11) is 0. The first-order chi connectivity index (χ1) is 8.04. The van der Waals surface area contributed by atoms with Crippen molar-refractivity contribution in [3.63, 3.8) is 0 Å². The Kier molecular flexibility index (Phi) is 4.45. The molecule has 1 amide bonds. The van der Waals surface area contributed by atoms with E-state index >= 15 is 0 Å². The van der Waals surface area contributed by atoms with E-state index in [1.807, 2.05) is 0 Å². The standard InChI is InChI=1S/C11H13FN2O3/c1-2-14-10(15)6-17-11(16)8-5-7(12)3-4-9(8)13/h3-5H,2,6,13H2,1H3,(H,14,15). The highest BCUT2D eigenvalue weighted by atomic mass is 19.1. The van der Waals surface area contributed by atoms with Gasteiger partial charge in [-0.2, -0.15) is 0 Å². The zero-order chi connectivity index (χ0) is 12.8. The molecule has 1 aromatic carbocycles. The van der Waals surface area contributed by atoms with Gasteiger partial charge in [0.05, 0.1) is 5.56 Å². The van der Waals surface area contributed by atoms with Crippen molar-refractivity contribution in [1.29, 1.82) is 0 Å². The molecule has 6 heteroatoms. The van der Waals surface area contributed by atoms with Gasteiger partial charge in [0.1, 0.15) is 5.82 Å². The second-order valence-corrected chi connectivity index (χ2v) is 3.26. The van der Waals surface area contributed by atoms with E-state index in [4.69, 9.17) is 5.73 Å². The molecule has 1 aromatic rings. The Labute approximate surface area is 97.7 Å². The molecule has 0 saturated heterocycles. The van der Waals surface area contributed by atoms with E-state index in [1.54, 1.807) is 6.92 Å². The maximum absolute atomic E-state index is 12.9. The molecule has 0 aromatic heterocycles. The van der Waals surface area contributed by atoms with Crippen molar-refractivity contribution in [3.8, 4) is 0 Å². The topological polar surface area (TPSA) is 81.4 Å². The van der Waals surface area contributed by atoms with Gasteiger partial charge in [-0.1, -0.05) is 0 Å². The minimum atomic E-state index is -0.826. The summed E-state index contributed by atoms with van der Waals surface area (Å²) in [6.07, 6.45) is 0. The summed E-state index contributed by atoms with van der Waals surface area (Å²) in [5.74, 6) is -1.84. The molecule has 1 rings (SSSR count). The summed E-state index contributed by atoms with van der Waals surface area (Å²) in [5, 5.41) is 2.46. The summed E-state index contributed by atoms with van der Waals surface area (Å²) in [4.78, 5) is 22.5. The highest BCUT2D eigenvalue weighted by Gasteiger charge is 2.13. The van der Waals surface area contributed by atoms with Crippen molar-refractivity contribution < 1.29 is 18.7 Å². The minimum absolute atomic E-state index is 0.0886. The van der Waals surface area contributed by atoms with Crippen molar-refractivity contribution in [2.75, 3.05) is 18.9 Å². The SMILES string of the molecule is CCNC(=O)COC(=O)c1cc(F)ccc1N. The number of nitrogens with two attached hydrogens (primary N) is 1. The average molecular weight is 240 g/mol. The Hall–Kier alpha value is -2.11. The number of benzene rings is 1. The predicted octanol–water partition coefficient (Wildman–Crippen LogP) is 0.701. The van der Waals surface area contributed by atoms with E-state index in [0.29, 0.717) is 6.54 Å². The van der Waals surface area contributed by atoms with Crippen LogP contribution in [0.15, 0.2) is 18.2 Å². The number of carbonyl (C=O) groups excluding carboxylic acids is 2. The first-order valence-corrected chi connectivity index (χ1v) is 5.03. The lowest BCUT2D eigenvalue weighted by molar-refractivity contribution is -0.124. The zero-order valence-corrected chi connectivity index (χ0v) is 9.33. The van der Waals surface area contributed by atoms with Gasteiger partial charge in [0.15, 0.2) is 6.61 Å². The molecule has 0 unspecified atom stereocenters. The molecule has 0 aliphatic carbocycles. The molecule has 0 spiro atoms. The van der Waals surface area contributed by atoms with Crippen LogP contribution in [0.2, 0.25) is 0 Å². The van der Waals surface area contributed by atoms with Crippen LogP contribution in [0.4, 0.5) is 10.1 Å². The van der Waals surface area contributed by atoms with E-state index in [9.17, 15) is 14.0 Å². The van der Waals surface area contributed by atoms with Crippen molar-refractivity contribution in [3.05, 3.63) is 29.6 Å². The first-order valence-electron chi connectivity index (χ1n) is 5.03. The number of rotatable bonds is 4. The summed E-state index contributed by atoms with van der Waals surface area (Å²) >= 11 is 0. The van der Waals surface area contributed by atoms with Gasteiger partial charge in [-0.3, -0.25) is 4.79 Å². The summed E-state index contributed by atoms with van der Waals surface area (Å²) in [6.45, 7) is 1.77. The van der Waals surface area contributed by atoms with Crippen LogP contribution in [0, 0.1) is 5.82 Å². The Morgan fingerprint density at radius 1 is 1.47 bits per heavy atom. The van der Waals surface area contributed by atoms with Crippen LogP contribution in [0.5, 0.6) is 0 Å². The number of carbonyl (C=O) groups is 2. The molecule has 0 aliphatic heterocycles. The molecule has 0 aliphatic rings. The lowest BCUT2D eigenvalue weighted by Gasteiger charge is -2.06. The van der Waals surface area contributed by atoms with Gasteiger partial charge >= 0.3 is 5.97 Å². The fourth-order valence-electron chi connectivity index (χ4n) is 1.16. The van der Waals surface area contributed by atoms with E-state index in [-0.39, 0.29) is 11.3 Å². The monoisotopic (exact) mass is 240 g/mol. The van der Waals surface area contributed by atoms with Crippen LogP contribution < -0.4 is 11.1 Å². The second-order valence-electron chi connectivity index (χ2n) is 3.26. The van der Waals surface area contributed by atoms with E-state index in [0.717, 1.165) is 12.1 Å². The van der Waals surface area contributed by atoms with Crippen LogP contribution >= 0.6 is 0 Å². The van der Waals surface area contributed by atoms with Crippen LogP contribution in [0.1, 0.15) is 17.3 Å². The van der Waals surface area contributed by atoms with Crippen molar-refractivity contribution in [1.82, 2.24) is 5.32 Å². The highest BCUT2D eigenvalue weighted by Crippen LogP contribution is 2.14. The lowest BCUT2D eigenvalue weighted by Crippen LogP contribution is -2.28. The van der Waals surface area contributed by atoms with Gasteiger partial charge in [0.25, 0.3) is 5.91 Å². The Balaban J connectivity index is 2.64. The number of halogens is 1. The molecule has 17 heavy (non-hydrogen) atoms. The van der Waals surface area contributed by atoms with Crippen LogP contribution in [-0.4, -0.2) is 25.0 Å². The maximum Gasteiger partial charge on any atom is 0.340 e. The Bertz CT molecular complexity index is 435. The van der Waals surface area contributed by atoms with Gasteiger partial charge in [0, 0.05) is 12.2 Å². The lowest BCUT2D eigenvalue weighted by atomic mass is 10.2. The largest absolute Gasteiger partial charge is 0.452 e. The van der Waals surface area contributed by atoms with Gasteiger partial charge in [-0.25, -0.2) is 9.18 Å². The van der Waals surface area contributed by atoms with E-state index in [2.05, 4.69) is 10.1 Å². The summed E-state index contributed by atoms with van der Waals surface area (Å²) in [6, 6.07) is 3.36. The number of anilines is 1. The fraction of sp³-hybridized carbons (Fsp3) is 0.273. The first kappa shape index (κ1) is 13.0. The highest BCUT2D eigenvalue weighted by molar-refractivity contribution is 5.96. The number of amides is 1. The number of likely N-dealkylation sites (N-methyl/N-ethyl adjacent to an activating group) is 1. The van der Waals surface area contributed by atoms with Crippen molar-refractivity contribution in [2.45, 2.75) is 6.92 Å². The van der Waals surface area contributed by atoms with E-state index < -0.39 is 24.3 Å². The predicted molar refractivity (Wildman–Crippen MR) is 59.8 cm³/mol. The molecule has 0 bridgehead atoms. The van der Waals surface area contributed by atoms with Crippen LogP contribution in [-0.2, 0) is 9.53 Å². The third-order valence-electron chi connectivity index (χ3n) is 1.94. The summed E-state index contributed by atoms with van der Waals surface area (Å²) in [5.41, 5.74) is 5.50. The number of nitrogen functional groups attached to an aromatic ring is 1. The number of esters is 1. The van der Waals surface area contributed by atoms with Crippen LogP contribution in [0.3, 0.4) is 0 Å². The molecule has 92 valence electrons. The Morgan fingerprint density at radius 3 is 2.82 bits per heavy atom. The molecule has 0 saturated carbocycles. The normalized spacial score (nSPS) is 9.76. The average Bonchev–Trinajstić information content (AvgIpc) is 2.29. The molecular weight excluding hydrogens is 227 g/mol. The molecule has 0 radical (unpaired) electrons. The number of ether oxygens (including phenoxy) is 1. The van der Waals surface area contributed by atoms with Gasteiger partial charge in [-0.15, -0.1) is 0 Å². The van der Waals surface area contributed by atoms with Crippen molar-refractivity contribution in [2.24, 2.45) is 0 Å².